The minimum Gasteiger partial charge on any atom is -0.508 e. The summed E-state index contributed by atoms with van der Waals surface area (Å²) in [4.78, 5) is 10.8. The zero-order valence-corrected chi connectivity index (χ0v) is 10.8. The van der Waals surface area contributed by atoms with E-state index in [4.69, 9.17) is 4.74 Å². The second kappa shape index (κ2) is 5.89. The minimum atomic E-state index is -0.185. The lowest BCUT2D eigenvalue weighted by Gasteiger charge is -2.28. The molecule has 0 radical (unpaired) electrons. The highest BCUT2D eigenvalue weighted by Crippen LogP contribution is 2.36. The predicted octanol–water partition coefficient (Wildman–Crippen LogP) is 3.23. The molecule has 1 aromatic rings. The highest BCUT2D eigenvalue weighted by molar-refractivity contribution is 5.65. The Kier molecular flexibility index (Phi) is 4.24. The van der Waals surface area contributed by atoms with Crippen molar-refractivity contribution >= 4 is 5.97 Å². The molecule has 18 heavy (non-hydrogen) atoms. The first-order chi connectivity index (χ1) is 8.65. The van der Waals surface area contributed by atoms with Crippen LogP contribution in [0.1, 0.15) is 44.1 Å². The van der Waals surface area contributed by atoms with Crippen LogP contribution < -0.4 is 0 Å². The molecule has 1 N–H and O–H groups in total. The molecule has 0 unspecified atom stereocenters. The molecule has 1 aromatic carbocycles. The van der Waals surface area contributed by atoms with Gasteiger partial charge in [0.25, 0.3) is 0 Å². The minimum absolute atomic E-state index is 0.185. The predicted molar refractivity (Wildman–Crippen MR) is 69.4 cm³/mol. The Morgan fingerprint density at radius 3 is 2.39 bits per heavy atom. The number of aromatic hydroxyl groups is 1. The van der Waals surface area contributed by atoms with Gasteiger partial charge in [-0.2, -0.15) is 0 Å². The van der Waals surface area contributed by atoms with Crippen molar-refractivity contribution in [3.63, 3.8) is 0 Å². The van der Waals surface area contributed by atoms with Crippen LogP contribution in [0.25, 0.3) is 0 Å². The third kappa shape index (κ3) is 3.49. The van der Waals surface area contributed by atoms with Gasteiger partial charge in [-0.05, 0) is 55.2 Å². The molecule has 0 bridgehead atoms. The third-order valence-corrected chi connectivity index (χ3v) is 3.73. The summed E-state index contributed by atoms with van der Waals surface area (Å²) in [7, 11) is 0. The Hall–Kier alpha value is -1.51. The molecular weight excluding hydrogens is 228 g/mol. The van der Waals surface area contributed by atoms with Gasteiger partial charge in [-0.15, -0.1) is 0 Å². The number of esters is 1. The maximum atomic E-state index is 10.8. The lowest BCUT2D eigenvalue weighted by Crippen LogP contribution is -2.19. The molecule has 0 aliphatic heterocycles. The van der Waals surface area contributed by atoms with E-state index < -0.39 is 0 Å². The maximum Gasteiger partial charge on any atom is 0.302 e. The van der Waals surface area contributed by atoms with E-state index in [0.29, 0.717) is 24.2 Å². The summed E-state index contributed by atoms with van der Waals surface area (Å²) in [5, 5.41) is 9.27. The highest BCUT2D eigenvalue weighted by atomic mass is 16.5. The summed E-state index contributed by atoms with van der Waals surface area (Å²) in [5.74, 6) is 1.24. The quantitative estimate of drug-likeness (QED) is 0.835. The molecule has 1 aliphatic rings. The molecule has 0 aromatic heterocycles. The molecule has 1 fully saturated rings. The van der Waals surface area contributed by atoms with Crippen LogP contribution in [0.3, 0.4) is 0 Å². The van der Waals surface area contributed by atoms with E-state index >= 15 is 0 Å². The van der Waals surface area contributed by atoms with Crippen molar-refractivity contribution < 1.29 is 14.6 Å². The molecule has 1 aliphatic carbocycles. The number of carbonyl (C=O) groups is 1. The molecule has 0 spiro atoms. The van der Waals surface area contributed by atoms with Crippen molar-refractivity contribution in [3.05, 3.63) is 29.8 Å². The van der Waals surface area contributed by atoms with Gasteiger partial charge in [0.05, 0.1) is 6.61 Å². The molecule has 98 valence electrons. The Bertz CT molecular complexity index is 389. The zero-order valence-electron chi connectivity index (χ0n) is 10.8. The first kappa shape index (κ1) is 12.9. The number of ether oxygens (including phenoxy) is 1. The number of carbonyl (C=O) groups excluding carboxylic acids is 1. The van der Waals surface area contributed by atoms with Crippen LogP contribution >= 0.6 is 0 Å². The van der Waals surface area contributed by atoms with E-state index in [0.717, 1.165) is 25.7 Å². The maximum absolute atomic E-state index is 10.8. The van der Waals surface area contributed by atoms with E-state index in [-0.39, 0.29) is 5.97 Å². The third-order valence-electron chi connectivity index (χ3n) is 3.73. The van der Waals surface area contributed by atoms with Crippen LogP contribution in [-0.2, 0) is 9.53 Å². The normalized spacial score (nSPS) is 23.6. The van der Waals surface area contributed by atoms with Gasteiger partial charge in [-0.25, -0.2) is 0 Å². The molecule has 0 atom stereocenters. The Balaban J connectivity index is 1.83. The Morgan fingerprint density at radius 2 is 1.83 bits per heavy atom. The van der Waals surface area contributed by atoms with Gasteiger partial charge >= 0.3 is 5.97 Å². The van der Waals surface area contributed by atoms with Crippen molar-refractivity contribution in [2.24, 2.45) is 5.92 Å². The summed E-state index contributed by atoms with van der Waals surface area (Å²) >= 11 is 0. The van der Waals surface area contributed by atoms with Crippen LogP contribution in [0, 0.1) is 5.92 Å². The largest absolute Gasteiger partial charge is 0.508 e. The van der Waals surface area contributed by atoms with E-state index in [2.05, 4.69) is 0 Å². The van der Waals surface area contributed by atoms with E-state index in [1.165, 1.54) is 12.5 Å². The second-order valence-electron chi connectivity index (χ2n) is 5.11. The van der Waals surface area contributed by atoms with Crippen LogP contribution in [0.5, 0.6) is 5.75 Å². The topological polar surface area (TPSA) is 46.5 Å². The number of benzene rings is 1. The molecule has 0 amide bonds. The number of rotatable bonds is 3. The molecule has 2 rings (SSSR count). The summed E-state index contributed by atoms with van der Waals surface area (Å²) in [6.45, 7) is 2.03. The fraction of sp³-hybridized carbons (Fsp3) is 0.533. The standard InChI is InChI=1S/C15H20O3/c1-11(16)18-10-12-2-4-13(5-3-12)14-6-8-15(17)9-7-14/h6-9,12-13,17H,2-5,10H2,1H3. The highest BCUT2D eigenvalue weighted by Gasteiger charge is 2.22. The fourth-order valence-corrected chi connectivity index (χ4v) is 2.64. The molecule has 3 nitrogen and oxygen atoms in total. The first-order valence-electron chi connectivity index (χ1n) is 6.57. The summed E-state index contributed by atoms with van der Waals surface area (Å²) in [5.41, 5.74) is 1.30. The Morgan fingerprint density at radius 1 is 1.22 bits per heavy atom. The number of phenolic OH excluding ortho intramolecular Hbond substituents is 1. The van der Waals surface area contributed by atoms with Crippen molar-refractivity contribution in [2.75, 3.05) is 6.61 Å². The monoisotopic (exact) mass is 248 g/mol. The van der Waals surface area contributed by atoms with Crippen LogP contribution in [0.15, 0.2) is 24.3 Å². The summed E-state index contributed by atoms with van der Waals surface area (Å²) in [6, 6.07) is 7.51. The number of hydrogen-bond acceptors (Lipinski definition) is 3. The van der Waals surface area contributed by atoms with Crippen molar-refractivity contribution in [2.45, 2.75) is 38.5 Å². The van der Waals surface area contributed by atoms with Gasteiger partial charge in [-0.1, -0.05) is 12.1 Å². The smallest absolute Gasteiger partial charge is 0.302 e. The van der Waals surface area contributed by atoms with E-state index in [9.17, 15) is 9.90 Å². The summed E-state index contributed by atoms with van der Waals surface area (Å²) < 4.78 is 5.07. The average molecular weight is 248 g/mol. The van der Waals surface area contributed by atoms with Crippen molar-refractivity contribution in [1.82, 2.24) is 0 Å². The van der Waals surface area contributed by atoms with Crippen LogP contribution in [0.2, 0.25) is 0 Å². The van der Waals surface area contributed by atoms with Gasteiger partial charge in [0, 0.05) is 6.92 Å². The fourth-order valence-electron chi connectivity index (χ4n) is 2.64. The number of phenols is 1. The Labute approximate surface area is 108 Å². The second-order valence-corrected chi connectivity index (χ2v) is 5.11. The average Bonchev–Trinajstić information content (AvgIpc) is 2.38. The number of hydrogen-bond donors (Lipinski definition) is 1. The zero-order chi connectivity index (χ0) is 13.0. The van der Waals surface area contributed by atoms with Gasteiger partial charge in [0.2, 0.25) is 0 Å². The molecular formula is C15H20O3. The van der Waals surface area contributed by atoms with Gasteiger partial charge < -0.3 is 9.84 Å². The van der Waals surface area contributed by atoms with Gasteiger partial charge in [0.1, 0.15) is 5.75 Å². The van der Waals surface area contributed by atoms with Crippen molar-refractivity contribution in [1.29, 1.82) is 0 Å². The molecule has 1 saturated carbocycles. The SMILES string of the molecule is CC(=O)OCC1CCC(c2ccc(O)cc2)CC1. The molecule has 3 heteroatoms. The first-order valence-corrected chi connectivity index (χ1v) is 6.57. The van der Waals surface area contributed by atoms with Crippen LogP contribution in [0.4, 0.5) is 0 Å². The molecule has 0 heterocycles. The van der Waals surface area contributed by atoms with Gasteiger partial charge in [-0.3, -0.25) is 4.79 Å². The van der Waals surface area contributed by atoms with Gasteiger partial charge in [0.15, 0.2) is 0 Å². The van der Waals surface area contributed by atoms with Crippen molar-refractivity contribution in [3.8, 4) is 5.75 Å². The van der Waals surface area contributed by atoms with Crippen LogP contribution in [-0.4, -0.2) is 17.7 Å². The lowest BCUT2D eigenvalue weighted by atomic mass is 9.79. The summed E-state index contributed by atoms with van der Waals surface area (Å²) in [6.07, 6.45) is 4.49. The van der Waals surface area contributed by atoms with E-state index in [1.807, 2.05) is 12.1 Å². The molecule has 0 saturated heterocycles. The lowest BCUT2D eigenvalue weighted by molar-refractivity contribution is -0.142. The van der Waals surface area contributed by atoms with E-state index in [1.54, 1.807) is 12.1 Å².